The molecule has 3 aromatic carbocycles. The van der Waals surface area contributed by atoms with E-state index < -0.39 is 0 Å². The zero-order valence-corrected chi connectivity index (χ0v) is 18.5. The molecule has 0 saturated heterocycles. The van der Waals surface area contributed by atoms with E-state index in [0.717, 1.165) is 11.2 Å². The molecule has 0 N–H and O–H groups in total. The van der Waals surface area contributed by atoms with E-state index in [-0.39, 0.29) is 0 Å². The van der Waals surface area contributed by atoms with Gasteiger partial charge >= 0.3 is 0 Å². The molecule has 31 heavy (non-hydrogen) atoms. The molecule has 6 rings (SSSR count). The van der Waals surface area contributed by atoms with E-state index in [1.807, 2.05) is 0 Å². The Bertz CT molecular complexity index is 1470. The first-order valence-electron chi connectivity index (χ1n) is 11.5. The molecule has 1 aliphatic rings. The quantitative estimate of drug-likeness (QED) is 0.277. The molecule has 0 bridgehead atoms. The normalized spacial score (nSPS) is 14.9. The summed E-state index contributed by atoms with van der Waals surface area (Å²) in [6.45, 7) is 4.46. The van der Waals surface area contributed by atoms with Crippen LogP contribution < -0.4 is 4.57 Å². The Labute approximate surface area is 183 Å². The summed E-state index contributed by atoms with van der Waals surface area (Å²) in [4.78, 5) is 0. The van der Waals surface area contributed by atoms with Crippen molar-refractivity contribution in [2.24, 2.45) is 7.05 Å². The molecule has 0 radical (unpaired) electrons. The average Bonchev–Trinajstić information content (AvgIpc) is 3.44. The summed E-state index contributed by atoms with van der Waals surface area (Å²) in [6, 6.07) is 22.0. The van der Waals surface area contributed by atoms with Gasteiger partial charge in [0.1, 0.15) is 18.2 Å². The molecule has 0 spiro atoms. The van der Waals surface area contributed by atoms with Gasteiger partial charge in [0.25, 0.3) is 0 Å². The summed E-state index contributed by atoms with van der Waals surface area (Å²) < 4.78 is 8.86. The predicted molar refractivity (Wildman–Crippen MR) is 129 cm³/mol. The molecular formula is C29H28NO+. The van der Waals surface area contributed by atoms with Crippen LogP contribution in [0.3, 0.4) is 0 Å². The Morgan fingerprint density at radius 3 is 2.35 bits per heavy atom. The van der Waals surface area contributed by atoms with Crippen molar-refractivity contribution in [1.82, 2.24) is 0 Å². The van der Waals surface area contributed by atoms with E-state index in [1.165, 1.54) is 75.3 Å². The maximum atomic E-state index is 6.49. The summed E-state index contributed by atoms with van der Waals surface area (Å²) in [5.74, 6) is 0.654. The van der Waals surface area contributed by atoms with Crippen LogP contribution in [0.25, 0.3) is 44.1 Å². The number of fused-ring (bicyclic) bond motifs is 4. The SMILES string of the molecule is Cc1cc2c(oc3ccccc32)c(-c2cc(C3CCCC3)c3ccccc3[n+]2C)c1C. The average molecular weight is 407 g/mol. The van der Waals surface area contributed by atoms with Crippen LogP contribution in [-0.2, 0) is 7.05 Å². The third-order valence-electron chi connectivity index (χ3n) is 7.47. The van der Waals surface area contributed by atoms with Gasteiger partial charge in [0.2, 0.25) is 11.2 Å². The summed E-state index contributed by atoms with van der Waals surface area (Å²) in [6.07, 6.45) is 5.27. The van der Waals surface area contributed by atoms with Gasteiger partial charge in [0.05, 0.1) is 5.56 Å². The lowest BCUT2D eigenvalue weighted by Gasteiger charge is -2.16. The zero-order valence-electron chi connectivity index (χ0n) is 18.5. The number of pyridine rings is 1. The Morgan fingerprint density at radius 2 is 1.55 bits per heavy atom. The maximum absolute atomic E-state index is 6.49. The third-order valence-corrected chi connectivity index (χ3v) is 7.47. The standard InChI is InChI=1S/C29H28NO/c1-18-16-24-22-13-7-9-15-27(22)31-29(24)28(19(18)2)26-17-23(20-10-4-5-11-20)21-12-6-8-14-25(21)30(26)3/h6-9,12-17,20H,4-5,10-11H2,1-3H3/q+1. The van der Waals surface area contributed by atoms with Gasteiger partial charge in [-0.15, -0.1) is 0 Å². The molecule has 1 saturated carbocycles. The van der Waals surface area contributed by atoms with Crippen molar-refractivity contribution in [3.05, 3.63) is 77.4 Å². The van der Waals surface area contributed by atoms with Crippen LogP contribution in [0.15, 0.2) is 65.1 Å². The summed E-state index contributed by atoms with van der Waals surface area (Å²) in [5.41, 5.74) is 9.87. The lowest BCUT2D eigenvalue weighted by molar-refractivity contribution is -0.633. The summed E-state index contributed by atoms with van der Waals surface area (Å²) in [7, 11) is 2.20. The molecule has 2 heterocycles. The number of furan rings is 1. The van der Waals surface area contributed by atoms with Crippen molar-refractivity contribution in [3.63, 3.8) is 0 Å². The molecule has 1 aliphatic carbocycles. The molecule has 5 aromatic rings. The molecule has 2 aromatic heterocycles. The van der Waals surface area contributed by atoms with E-state index in [1.54, 1.807) is 0 Å². The predicted octanol–water partition coefficient (Wildman–Crippen LogP) is 7.51. The molecule has 0 amide bonds. The van der Waals surface area contributed by atoms with E-state index in [4.69, 9.17) is 4.42 Å². The van der Waals surface area contributed by atoms with Crippen LogP contribution in [0, 0.1) is 13.8 Å². The highest BCUT2D eigenvalue weighted by Crippen LogP contribution is 2.42. The third kappa shape index (κ3) is 2.74. The van der Waals surface area contributed by atoms with Gasteiger partial charge in [-0.05, 0) is 67.5 Å². The van der Waals surface area contributed by atoms with Crippen LogP contribution in [-0.4, -0.2) is 0 Å². The summed E-state index contributed by atoms with van der Waals surface area (Å²) >= 11 is 0. The number of benzene rings is 3. The largest absolute Gasteiger partial charge is 0.455 e. The van der Waals surface area contributed by atoms with Crippen LogP contribution in [0.5, 0.6) is 0 Å². The van der Waals surface area contributed by atoms with Gasteiger partial charge in [-0.25, -0.2) is 0 Å². The number of aryl methyl sites for hydroxylation is 2. The van der Waals surface area contributed by atoms with Gasteiger partial charge in [-0.3, -0.25) is 0 Å². The van der Waals surface area contributed by atoms with Crippen molar-refractivity contribution in [1.29, 1.82) is 0 Å². The number of para-hydroxylation sites is 2. The first-order chi connectivity index (χ1) is 15.1. The minimum atomic E-state index is 0.654. The van der Waals surface area contributed by atoms with Gasteiger partial charge in [0, 0.05) is 28.3 Å². The maximum Gasteiger partial charge on any atom is 0.217 e. The van der Waals surface area contributed by atoms with E-state index in [2.05, 4.69) is 86.1 Å². The number of nitrogens with zero attached hydrogens (tertiary/aromatic N) is 1. The highest BCUT2D eigenvalue weighted by Gasteiger charge is 2.28. The van der Waals surface area contributed by atoms with Gasteiger partial charge in [-0.1, -0.05) is 43.2 Å². The minimum Gasteiger partial charge on any atom is -0.455 e. The number of aromatic nitrogens is 1. The first-order valence-corrected chi connectivity index (χ1v) is 11.5. The van der Waals surface area contributed by atoms with Crippen molar-refractivity contribution < 1.29 is 8.98 Å². The fourth-order valence-electron chi connectivity index (χ4n) is 5.67. The minimum absolute atomic E-state index is 0.654. The van der Waals surface area contributed by atoms with Crippen LogP contribution in [0.4, 0.5) is 0 Å². The van der Waals surface area contributed by atoms with Crippen molar-refractivity contribution >= 4 is 32.8 Å². The lowest BCUT2D eigenvalue weighted by atomic mass is 9.90. The van der Waals surface area contributed by atoms with Crippen molar-refractivity contribution in [2.75, 3.05) is 0 Å². The second-order valence-corrected chi connectivity index (χ2v) is 9.21. The molecule has 0 unspecified atom stereocenters. The second kappa shape index (κ2) is 6.95. The molecule has 154 valence electrons. The number of rotatable bonds is 2. The number of hydrogen-bond donors (Lipinski definition) is 0. The lowest BCUT2D eigenvalue weighted by Crippen LogP contribution is -2.33. The number of hydrogen-bond acceptors (Lipinski definition) is 1. The zero-order chi connectivity index (χ0) is 21.1. The molecule has 2 nitrogen and oxygen atoms in total. The fraction of sp³-hybridized carbons (Fsp3) is 0.276. The van der Waals surface area contributed by atoms with Gasteiger partial charge in [-0.2, -0.15) is 4.57 Å². The van der Waals surface area contributed by atoms with Crippen molar-refractivity contribution in [2.45, 2.75) is 45.4 Å². The molecule has 0 atom stereocenters. The van der Waals surface area contributed by atoms with Gasteiger partial charge < -0.3 is 4.42 Å². The Balaban J connectivity index is 1.74. The van der Waals surface area contributed by atoms with E-state index >= 15 is 0 Å². The molecule has 0 aliphatic heterocycles. The van der Waals surface area contributed by atoms with E-state index in [0.29, 0.717) is 5.92 Å². The Kier molecular flexibility index (Phi) is 4.17. The monoisotopic (exact) mass is 406 g/mol. The fourth-order valence-corrected chi connectivity index (χ4v) is 5.67. The van der Waals surface area contributed by atoms with Crippen LogP contribution in [0.1, 0.15) is 48.3 Å². The Hall–Kier alpha value is -3.13. The van der Waals surface area contributed by atoms with Crippen molar-refractivity contribution in [3.8, 4) is 11.3 Å². The molecular weight excluding hydrogens is 378 g/mol. The second-order valence-electron chi connectivity index (χ2n) is 9.21. The van der Waals surface area contributed by atoms with Gasteiger partial charge in [0.15, 0.2) is 0 Å². The first kappa shape index (κ1) is 18.6. The highest BCUT2D eigenvalue weighted by atomic mass is 16.3. The topological polar surface area (TPSA) is 17.0 Å². The highest BCUT2D eigenvalue weighted by molar-refractivity contribution is 6.10. The molecule has 1 fully saturated rings. The Morgan fingerprint density at radius 1 is 0.839 bits per heavy atom. The smallest absolute Gasteiger partial charge is 0.217 e. The van der Waals surface area contributed by atoms with Crippen LogP contribution >= 0.6 is 0 Å². The van der Waals surface area contributed by atoms with Crippen LogP contribution in [0.2, 0.25) is 0 Å². The molecule has 2 heteroatoms. The van der Waals surface area contributed by atoms with E-state index in [9.17, 15) is 0 Å². The summed E-state index contributed by atoms with van der Waals surface area (Å²) in [5, 5.41) is 3.80.